The smallest absolute Gasteiger partial charge is 0.116 e. The number of phenols is 2. The minimum absolute atomic E-state index is 0.106. The maximum Gasteiger partial charge on any atom is 0.116 e. The monoisotopic (exact) mass is 326 g/mol. The molecule has 0 radical (unpaired) electrons. The van der Waals surface area contributed by atoms with E-state index in [1.165, 1.54) is 0 Å². The first-order chi connectivity index (χ1) is 11.7. The average Bonchev–Trinajstić information content (AvgIpc) is 2.58. The number of hydrogen-bond donors (Lipinski definition) is 4. The molecule has 124 valence electrons. The van der Waals surface area contributed by atoms with Crippen LogP contribution in [0, 0.1) is 0 Å². The van der Waals surface area contributed by atoms with Crippen LogP contribution in [0.2, 0.25) is 0 Å². The molecule has 0 saturated heterocycles. The molecule has 0 heterocycles. The number of hydrogen-bond acceptors (Lipinski definition) is 6. The summed E-state index contributed by atoms with van der Waals surface area (Å²) < 4.78 is 0. The van der Waals surface area contributed by atoms with Crippen molar-refractivity contribution >= 4 is 11.4 Å². The van der Waals surface area contributed by atoms with Gasteiger partial charge < -0.3 is 20.4 Å². The summed E-state index contributed by atoms with van der Waals surface area (Å²) in [6, 6.07) is 9.98. The lowest BCUT2D eigenvalue weighted by Crippen LogP contribution is -2.25. The Morgan fingerprint density at radius 3 is 1.42 bits per heavy atom. The van der Waals surface area contributed by atoms with Crippen LogP contribution in [0.25, 0.3) is 11.1 Å². The quantitative estimate of drug-likeness (QED) is 0.680. The Labute approximate surface area is 139 Å². The van der Waals surface area contributed by atoms with Crippen LogP contribution in [0.15, 0.2) is 46.4 Å². The highest BCUT2D eigenvalue weighted by Crippen LogP contribution is 2.37. The summed E-state index contributed by atoms with van der Waals surface area (Å²) in [5.74, 6) is 0.211. The highest BCUT2D eigenvalue weighted by atomic mass is 16.3. The predicted octanol–water partition coefficient (Wildman–Crippen LogP) is 1.34. The van der Waals surface area contributed by atoms with Gasteiger partial charge in [-0.05, 0) is 35.4 Å². The van der Waals surface area contributed by atoms with E-state index in [0.29, 0.717) is 22.6 Å². The molecule has 2 aromatic carbocycles. The van der Waals surface area contributed by atoms with Crippen molar-refractivity contribution in [2.45, 2.75) is 0 Å². The SMILES string of the molecule is OCC/N=C1/C(=N/CCO)c2cc(O)ccc2-c2ccc(O)cc21. The highest BCUT2D eigenvalue weighted by molar-refractivity contribution is 6.57. The number of nitrogens with zero attached hydrogens (tertiary/aromatic N) is 2. The lowest BCUT2D eigenvalue weighted by molar-refractivity contribution is 0.306. The standard InChI is InChI=1S/C18H18N2O4/c21-7-5-19-17-15-9-11(23)1-3-13(15)14-4-2-12(24)10-16(14)18(17)20-6-8-22/h1-4,9-10,21-24H,5-8H2/b19-17+,20-18+. The Balaban J connectivity index is 2.31. The van der Waals surface area contributed by atoms with Crippen molar-refractivity contribution in [1.82, 2.24) is 0 Å². The molecule has 6 nitrogen and oxygen atoms in total. The van der Waals surface area contributed by atoms with E-state index in [1.807, 2.05) is 0 Å². The summed E-state index contributed by atoms with van der Waals surface area (Å²) in [4.78, 5) is 8.82. The molecular weight excluding hydrogens is 308 g/mol. The number of rotatable bonds is 4. The summed E-state index contributed by atoms with van der Waals surface area (Å²) in [6.07, 6.45) is 0. The third-order valence-electron chi connectivity index (χ3n) is 3.77. The Hall–Kier alpha value is -2.70. The first-order valence-corrected chi connectivity index (χ1v) is 7.64. The van der Waals surface area contributed by atoms with Crippen molar-refractivity contribution in [1.29, 1.82) is 0 Å². The van der Waals surface area contributed by atoms with Crippen molar-refractivity contribution in [2.75, 3.05) is 26.3 Å². The number of benzene rings is 2. The van der Waals surface area contributed by atoms with Crippen LogP contribution < -0.4 is 0 Å². The molecule has 0 fully saturated rings. The van der Waals surface area contributed by atoms with E-state index in [1.54, 1.807) is 36.4 Å². The summed E-state index contributed by atoms with van der Waals surface area (Å²) in [5, 5.41) is 38.0. The fraction of sp³-hybridized carbons (Fsp3) is 0.222. The first kappa shape index (κ1) is 16.2. The van der Waals surface area contributed by atoms with Gasteiger partial charge in [-0.1, -0.05) is 12.1 Å². The van der Waals surface area contributed by atoms with Crippen molar-refractivity contribution < 1.29 is 20.4 Å². The van der Waals surface area contributed by atoms with Gasteiger partial charge in [-0.3, -0.25) is 9.98 Å². The van der Waals surface area contributed by atoms with Gasteiger partial charge in [0.25, 0.3) is 0 Å². The topological polar surface area (TPSA) is 106 Å². The second-order valence-corrected chi connectivity index (χ2v) is 5.37. The summed E-state index contributed by atoms with van der Waals surface area (Å²) in [5.41, 5.74) is 4.20. The van der Waals surface area contributed by atoms with Crippen LogP contribution in [0.3, 0.4) is 0 Å². The number of fused-ring (bicyclic) bond motifs is 3. The van der Waals surface area contributed by atoms with Crippen LogP contribution in [-0.4, -0.2) is 58.2 Å². The zero-order valence-corrected chi connectivity index (χ0v) is 13.0. The molecule has 24 heavy (non-hydrogen) atoms. The molecule has 0 saturated carbocycles. The predicted molar refractivity (Wildman–Crippen MR) is 92.2 cm³/mol. The molecule has 1 aliphatic carbocycles. The molecule has 0 amide bonds. The molecule has 2 aromatic rings. The molecule has 0 spiro atoms. The van der Waals surface area contributed by atoms with Gasteiger partial charge in [0.15, 0.2) is 0 Å². The van der Waals surface area contributed by atoms with E-state index < -0.39 is 0 Å². The molecule has 3 rings (SSSR count). The third-order valence-corrected chi connectivity index (χ3v) is 3.77. The zero-order valence-electron chi connectivity index (χ0n) is 13.0. The molecule has 4 N–H and O–H groups in total. The van der Waals surface area contributed by atoms with Gasteiger partial charge in [0.05, 0.1) is 37.7 Å². The first-order valence-electron chi connectivity index (χ1n) is 7.64. The van der Waals surface area contributed by atoms with Crippen LogP contribution in [0.1, 0.15) is 11.1 Å². The number of phenolic OH excluding ortho intramolecular Hbond substituents is 2. The number of aliphatic hydroxyl groups excluding tert-OH is 2. The molecule has 6 heteroatoms. The molecule has 0 atom stereocenters. The van der Waals surface area contributed by atoms with Crippen molar-refractivity contribution in [3.05, 3.63) is 47.5 Å². The van der Waals surface area contributed by atoms with Gasteiger partial charge in [-0.2, -0.15) is 0 Å². The Kier molecular flexibility index (Phi) is 4.59. The summed E-state index contributed by atoms with van der Waals surface area (Å²) in [6.45, 7) is 0.156. The van der Waals surface area contributed by atoms with E-state index >= 15 is 0 Å². The van der Waals surface area contributed by atoms with Gasteiger partial charge in [-0.15, -0.1) is 0 Å². The minimum atomic E-state index is -0.113. The molecule has 0 bridgehead atoms. The van der Waals surface area contributed by atoms with Crippen molar-refractivity contribution in [3.8, 4) is 22.6 Å². The maximum atomic E-state index is 9.86. The van der Waals surface area contributed by atoms with E-state index in [2.05, 4.69) is 9.98 Å². The van der Waals surface area contributed by atoms with Crippen LogP contribution in [-0.2, 0) is 0 Å². The summed E-state index contributed by atoms with van der Waals surface area (Å²) in [7, 11) is 0. The van der Waals surface area contributed by atoms with Crippen LogP contribution in [0.5, 0.6) is 11.5 Å². The lowest BCUT2D eigenvalue weighted by Gasteiger charge is -2.24. The maximum absolute atomic E-state index is 9.86. The Bertz CT molecular complexity index is 758. The molecular formula is C18H18N2O4. The van der Waals surface area contributed by atoms with E-state index in [-0.39, 0.29) is 37.8 Å². The fourth-order valence-electron chi connectivity index (χ4n) is 2.82. The number of aliphatic imine (C=N–C) groups is 2. The normalized spacial score (nSPS) is 16.2. The van der Waals surface area contributed by atoms with Crippen LogP contribution in [0.4, 0.5) is 0 Å². The molecule has 0 aliphatic heterocycles. The van der Waals surface area contributed by atoms with Crippen molar-refractivity contribution in [2.24, 2.45) is 9.98 Å². The second-order valence-electron chi connectivity index (χ2n) is 5.37. The second kappa shape index (κ2) is 6.82. The Morgan fingerprint density at radius 1 is 0.625 bits per heavy atom. The number of aliphatic hydroxyl groups is 2. The largest absolute Gasteiger partial charge is 0.508 e. The number of aromatic hydroxyl groups is 2. The molecule has 1 aliphatic rings. The van der Waals surface area contributed by atoms with Gasteiger partial charge >= 0.3 is 0 Å². The zero-order chi connectivity index (χ0) is 17.1. The van der Waals surface area contributed by atoms with Gasteiger partial charge in [0.2, 0.25) is 0 Å². The van der Waals surface area contributed by atoms with Gasteiger partial charge in [0.1, 0.15) is 11.5 Å². The average molecular weight is 326 g/mol. The lowest BCUT2D eigenvalue weighted by atomic mass is 9.82. The summed E-state index contributed by atoms with van der Waals surface area (Å²) >= 11 is 0. The third kappa shape index (κ3) is 2.89. The van der Waals surface area contributed by atoms with Gasteiger partial charge in [0, 0.05) is 11.1 Å². The molecule has 0 unspecified atom stereocenters. The van der Waals surface area contributed by atoms with Gasteiger partial charge in [-0.25, -0.2) is 0 Å². The van der Waals surface area contributed by atoms with E-state index in [9.17, 15) is 10.2 Å². The van der Waals surface area contributed by atoms with Crippen LogP contribution >= 0.6 is 0 Å². The molecule has 0 aromatic heterocycles. The highest BCUT2D eigenvalue weighted by Gasteiger charge is 2.27. The van der Waals surface area contributed by atoms with Crippen molar-refractivity contribution in [3.63, 3.8) is 0 Å². The van der Waals surface area contributed by atoms with E-state index in [4.69, 9.17) is 10.2 Å². The fourth-order valence-corrected chi connectivity index (χ4v) is 2.82. The Morgan fingerprint density at radius 2 is 1.04 bits per heavy atom. The van der Waals surface area contributed by atoms with E-state index in [0.717, 1.165) is 11.1 Å². The minimum Gasteiger partial charge on any atom is -0.508 e.